The van der Waals surface area contributed by atoms with Gasteiger partial charge in [-0.2, -0.15) is 0 Å². The Labute approximate surface area is 220 Å². The van der Waals surface area contributed by atoms with Crippen LogP contribution in [0.2, 0.25) is 0 Å². The molecular formula is C26H33BrN6O3. The largest absolute Gasteiger partial charge is 0.495 e. The van der Waals surface area contributed by atoms with Crippen molar-refractivity contribution in [1.82, 2.24) is 20.3 Å². The predicted octanol–water partition coefficient (Wildman–Crippen LogP) is 5.33. The minimum Gasteiger partial charge on any atom is -0.495 e. The summed E-state index contributed by atoms with van der Waals surface area (Å²) in [4.78, 5) is 16.5. The lowest BCUT2D eigenvalue weighted by Crippen LogP contribution is -2.50. The molecule has 1 saturated heterocycles. The summed E-state index contributed by atoms with van der Waals surface area (Å²) in [6, 6.07) is 10.1. The van der Waals surface area contributed by atoms with Crippen LogP contribution >= 0.6 is 15.9 Å². The molecule has 2 heterocycles. The van der Waals surface area contributed by atoms with Crippen molar-refractivity contribution in [1.29, 1.82) is 0 Å². The van der Waals surface area contributed by atoms with E-state index in [0.29, 0.717) is 43.3 Å². The van der Waals surface area contributed by atoms with E-state index in [4.69, 9.17) is 9.47 Å². The average Bonchev–Trinajstić information content (AvgIpc) is 2.84. The molecule has 0 aliphatic carbocycles. The van der Waals surface area contributed by atoms with Crippen molar-refractivity contribution in [2.45, 2.75) is 46.3 Å². The number of amides is 1. The van der Waals surface area contributed by atoms with Gasteiger partial charge in [-0.15, -0.1) is 10.2 Å². The van der Waals surface area contributed by atoms with Crippen molar-refractivity contribution in [2.75, 3.05) is 43.5 Å². The number of carbonyl (C=O) groups excluding carboxylic acids is 1. The van der Waals surface area contributed by atoms with E-state index in [2.05, 4.69) is 61.5 Å². The van der Waals surface area contributed by atoms with Crippen LogP contribution in [0.15, 0.2) is 34.8 Å². The Morgan fingerprint density at radius 1 is 1.14 bits per heavy atom. The van der Waals surface area contributed by atoms with Gasteiger partial charge in [0.25, 0.3) is 0 Å². The molecule has 1 atom stereocenters. The average molecular weight is 557 g/mol. The predicted molar refractivity (Wildman–Crippen MR) is 145 cm³/mol. The van der Waals surface area contributed by atoms with Gasteiger partial charge in [0.15, 0.2) is 5.82 Å². The number of halogens is 1. The van der Waals surface area contributed by atoms with E-state index in [1.54, 1.807) is 12.0 Å². The van der Waals surface area contributed by atoms with Gasteiger partial charge in [0.05, 0.1) is 18.8 Å². The van der Waals surface area contributed by atoms with Crippen molar-refractivity contribution in [3.8, 4) is 5.75 Å². The minimum atomic E-state index is -0.515. The number of piperazine rings is 1. The highest BCUT2D eigenvalue weighted by molar-refractivity contribution is 9.10. The molecule has 0 unspecified atom stereocenters. The molecule has 1 amide bonds. The third-order valence-electron chi connectivity index (χ3n) is 6.25. The number of anilines is 2. The maximum atomic E-state index is 12.5. The van der Waals surface area contributed by atoms with Gasteiger partial charge in [-0.25, -0.2) is 4.79 Å². The van der Waals surface area contributed by atoms with E-state index in [0.717, 1.165) is 15.5 Å². The molecule has 1 N–H and O–H groups in total. The van der Waals surface area contributed by atoms with Crippen molar-refractivity contribution < 1.29 is 14.3 Å². The quantitative estimate of drug-likeness (QED) is 0.450. The summed E-state index contributed by atoms with van der Waals surface area (Å²) >= 11 is 3.62. The van der Waals surface area contributed by atoms with E-state index in [1.807, 2.05) is 45.0 Å². The van der Waals surface area contributed by atoms with Crippen LogP contribution in [0.1, 0.15) is 44.9 Å². The van der Waals surface area contributed by atoms with E-state index >= 15 is 0 Å². The molecular weight excluding hydrogens is 524 g/mol. The molecule has 1 fully saturated rings. The van der Waals surface area contributed by atoms with Crippen molar-refractivity contribution in [2.24, 2.45) is 0 Å². The Morgan fingerprint density at radius 3 is 2.53 bits per heavy atom. The second kappa shape index (κ2) is 10.5. The van der Waals surface area contributed by atoms with Crippen molar-refractivity contribution >= 4 is 44.4 Å². The van der Waals surface area contributed by atoms with Crippen LogP contribution in [0.25, 0.3) is 10.9 Å². The van der Waals surface area contributed by atoms with Crippen LogP contribution < -0.4 is 15.0 Å². The number of ether oxygens (including phenoxy) is 2. The van der Waals surface area contributed by atoms with E-state index in [9.17, 15) is 4.79 Å². The fraction of sp³-hybridized carbons (Fsp3) is 0.462. The molecule has 1 aliphatic rings. The summed E-state index contributed by atoms with van der Waals surface area (Å²) in [5, 5.41) is 16.9. The summed E-state index contributed by atoms with van der Waals surface area (Å²) in [6.07, 6.45) is -0.282. The number of carbonyl (C=O) groups is 1. The smallest absolute Gasteiger partial charge is 0.410 e. The third kappa shape index (κ3) is 5.64. The van der Waals surface area contributed by atoms with Crippen LogP contribution in [0.5, 0.6) is 5.75 Å². The number of fused-ring (bicyclic) bond motifs is 1. The molecule has 1 aliphatic heterocycles. The van der Waals surface area contributed by atoms with Crippen LogP contribution in [0, 0.1) is 6.92 Å². The second-order valence-electron chi connectivity index (χ2n) is 9.95. The fourth-order valence-electron chi connectivity index (χ4n) is 4.35. The molecule has 192 valence electrons. The Bertz CT molecular complexity index is 1250. The van der Waals surface area contributed by atoms with Crippen LogP contribution in [0.3, 0.4) is 0 Å². The minimum absolute atomic E-state index is 0.00493. The first-order valence-corrected chi connectivity index (χ1v) is 12.8. The first-order valence-electron chi connectivity index (χ1n) is 12.0. The molecule has 0 bridgehead atoms. The zero-order chi connectivity index (χ0) is 26.0. The van der Waals surface area contributed by atoms with Gasteiger partial charge in [-0.1, -0.05) is 28.1 Å². The molecule has 2 aromatic carbocycles. The lowest BCUT2D eigenvalue weighted by molar-refractivity contribution is 0.0240. The number of rotatable bonds is 5. The molecule has 0 spiro atoms. The van der Waals surface area contributed by atoms with Gasteiger partial charge in [0.2, 0.25) is 0 Å². The first-order chi connectivity index (χ1) is 17.1. The highest BCUT2D eigenvalue weighted by Crippen LogP contribution is 2.36. The number of nitrogens with one attached hydrogen (secondary N) is 1. The standard InChI is InChI=1S/C26H33BrN6O3/c1-16-18(8-7-9-20(16)27)17(2)28-24-19-14-22(23(35-6)15-21(19)29-31-30-24)32-10-12-33(13-11-32)25(34)36-26(3,4)5/h7-9,14-15,17H,10-13H2,1-6H3,(H,28,29,30)/t17-/m1/s1. The van der Waals surface area contributed by atoms with Gasteiger partial charge < -0.3 is 24.6 Å². The highest BCUT2D eigenvalue weighted by Gasteiger charge is 2.27. The molecule has 1 aromatic heterocycles. The highest BCUT2D eigenvalue weighted by atomic mass is 79.9. The molecule has 0 saturated carbocycles. The van der Waals surface area contributed by atoms with Crippen molar-refractivity contribution in [3.63, 3.8) is 0 Å². The molecule has 0 radical (unpaired) electrons. The van der Waals surface area contributed by atoms with Crippen LogP contribution in [-0.2, 0) is 4.74 Å². The number of hydrogen-bond donors (Lipinski definition) is 1. The molecule has 4 rings (SSSR count). The number of nitrogens with zero attached hydrogens (tertiary/aromatic N) is 5. The van der Waals surface area contributed by atoms with E-state index in [1.165, 1.54) is 11.1 Å². The summed E-state index contributed by atoms with van der Waals surface area (Å²) in [5.74, 6) is 1.36. The number of aromatic nitrogens is 3. The Morgan fingerprint density at radius 2 is 1.86 bits per heavy atom. The monoisotopic (exact) mass is 556 g/mol. The van der Waals surface area contributed by atoms with Crippen LogP contribution in [0.4, 0.5) is 16.3 Å². The SMILES string of the molecule is COc1cc2nnnc(N[C@H](C)c3cccc(Br)c3C)c2cc1N1CCN(C(=O)OC(C)(C)C)CC1. The summed E-state index contributed by atoms with van der Waals surface area (Å²) < 4.78 is 12.3. The van der Waals surface area contributed by atoms with Crippen molar-refractivity contribution in [3.05, 3.63) is 45.9 Å². The number of benzene rings is 2. The lowest BCUT2D eigenvalue weighted by Gasteiger charge is -2.37. The molecule has 3 aromatic rings. The van der Waals surface area contributed by atoms with Gasteiger partial charge >= 0.3 is 6.09 Å². The number of hydrogen-bond acceptors (Lipinski definition) is 8. The first kappa shape index (κ1) is 25.9. The Balaban J connectivity index is 1.59. The van der Waals surface area contributed by atoms with E-state index < -0.39 is 5.60 Å². The fourth-order valence-corrected chi connectivity index (χ4v) is 4.73. The van der Waals surface area contributed by atoms with Gasteiger partial charge in [-0.3, -0.25) is 0 Å². The van der Waals surface area contributed by atoms with Gasteiger partial charge in [-0.05, 0) is 63.1 Å². The zero-order valence-corrected chi connectivity index (χ0v) is 23.2. The third-order valence-corrected chi connectivity index (χ3v) is 7.11. The second-order valence-corrected chi connectivity index (χ2v) is 10.8. The Kier molecular flexibility index (Phi) is 7.54. The summed E-state index contributed by atoms with van der Waals surface area (Å²) in [7, 11) is 1.65. The van der Waals surface area contributed by atoms with Crippen LogP contribution in [-0.4, -0.2) is 65.3 Å². The normalized spacial score (nSPS) is 15.1. The lowest BCUT2D eigenvalue weighted by atomic mass is 10.0. The number of methoxy groups -OCH3 is 1. The van der Waals surface area contributed by atoms with E-state index in [-0.39, 0.29) is 12.1 Å². The van der Waals surface area contributed by atoms with Gasteiger partial charge in [0.1, 0.15) is 16.9 Å². The van der Waals surface area contributed by atoms with Gasteiger partial charge in [0, 0.05) is 42.1 Å². The summed E-state index contributed by atoms with van der Waals surface area (Å²) in [5.41, 5.74) is 3.45. The zero-order valence-electron chi connectivity index (χ0n) is 21.6. The molecule has 36 heavy (non-hydrogen) atoms. The topological polar surface area (TPSA) is 92.7 Å². The maximum Gasteiger partial charge on any atom is 0.410 e. The molecule has 9 nitrogen and oxygen atoms in total. The molecule has 10 heteroatoms. The maximum absolute atomic E-state index is 12.5. The summed E-state index contributed by atoms with van der Waals surface area (Å²) in [6.45, 7) is 12.3. The Hall–Kier alpha value is -3.14.